The first-order chi connectivity index (χ1) is 8.16. The number of benzene rings is 2. The summed E-state index contributed by atoms with van der Waals surface area (Å²) in [6.45, 7) is 2.02. The first-order valence-electron chi connectivity index (χ1n) is 5.41. The predicted molar refractivity (Wildman–Crippen MR) is 73.7 cm³/mol. The predicted octanol–water partition coefficient (Wildman–Crippen LogP) is 2.91. The van der Waals surface area contributed by atoms with E-state index in [2.05, 4.69) is 4.99 Å². The van der Waals surface area contributed by atoms with Crippen molar-refractivity contribution in [3.8, 4) is 0 Å². The van der Waals surface area contributed by atoms with E-state index in [0.29, 0.717) is 11.4 Å². The summed E-state index contributed by atoms with van der Waals surface area (Å²) in [6.07, 6.45) is 1.74. The fourth-order valence-electron chi connectivity index (χ4n) is 1.55. The topological polar surface area (TPSA) is 64.4 Å². The molecule has 0 saturated carbocycles. The van der Waals surface area contributed by atoms with Crippen LogP contribution in [0, 0.1) is 6.92 Å². The lowest BCUT2D eigenvalue weighted by Crippen LogP contribution is -1.95. The molecule has 0 aliphatic heterocycles. The van der Waals surface area contributed by atoms with E-state index in [9.17, 15) is 0 Å². The van der Waals surface area contributed by atoms with E-state index in [4.69, 9.17) is 11.5 Å². The summed E-state index contributed by atoms with van der Waals surface area (Å²) < 4.78 is 0. The van der Waals surface area contributed by atoms with Gasteiger partial charge in [0, 0.05) is 23.2 Å². The van der Waals surface area contributed by atoms with Crippen LogP contribution >= 0.6 is 0 Å². The Hall–Kier alpha value is -2.29. The second-order valence-electron chi connectivity index (χ2n) is 3.93. The molecule has 3 nitrogen and oxygen atoms in total. The van der Waals surface area contributed by atoms with Crippen LogP contribution < -0.4 is 11.5 Å². The van der Waals surface area contributed by atoms with Crippen LogP contribution in [-0.2, 0) is 0 Å². The highest BCUT2D eigenvalue weighted by molar-refractivity contribution is 5.90. The van der Waals surface area contributed by atoms with Crippen molar-refractivity contribution in [1.82, 2.24) is 0 Å². The third-order valence-electron chi connectivity index (χ3n) is 2.57. The number of para-hydroxylation sites is 1. The largest absolute Gasteiger partial charge is 0.399 e. The number of nitrogen functional groups attached to an aromatic ring is 2. The molecular formula is C14H15N3. The standard InChI is InChI=1S/C14H15N3/c1-10-4-2-3-5-14(10)17-9-11-8-12(15)6-7-13(11)16/h2-9H,15-16H2,1H3. The molecule has 0 atom stereocenters. The summed E-state index contributed by atoms with van der Waals surface area (Å²) in [5.74, 6) is 0. The third-order valence-corrected chi connectivity index (χ3v) is 2.57. The maximum Gasteiger partial charge on any atom is 0.0659 e. The van der Waals surface area contributed by atoms with Crippen molar-refractivity contribution in [3.05, 3.63) is 53.6 Å². The average Bonchev–Trinajstić information content (AvgIpc) is 2.32. The minimum Gasteiger partial charge on any atom is -0.399 e. The highest BCUT2D eigenvalue weighted by Gasteiger charge is 1.97. The number of nitrogens with two attached hydrogens (primary N) is 2. The van der Waals surface area contributed by atoms with Crippen molar-refractivity contribution in [3.63, 3.8) is 0 Å². The maximum absolute atomic E-state index is 5.84. The zero-order chi connectivity index (χ0) is 12.3. The van der Waals surface area contributed by atoms with Crippen LogP contribution in [0.5, 0.6) is 0 Å². The number of nitrogens with zero attached hydrogens (tertiary/aromatic N) is 1. The Labute approximate surface area is 101 Å². The Balaban J connectivity index is 2.32. The van der Waals surface area contributed by atoms with Crippen LogP contribution in [0.2, 0.25) is 0 Å². The molecule has 4 N–H and O–H groups in total. The van der Waals surface area contributed by atoms with Gasteiger partial charge in [-0.3, -0.25) is 4.99 Å². The minimum atomic E-state index is 0.677. The van der Waals surface area contributed by atoms with Crippen molar-refractivity contribution in [2.24, 2.45) is 4.99 Å². The van der Waals surface area contributed by atoms with Gasteiger partial charge in [0.25, 0.3) is 0 Å². The Kier molecular flexibility index (Phi) is 3.10. The van der Waals surface area contributed by atoms with E-state index in [0.717, 1.165) is 16.8 Å². The van der Waals surface area contributed by atoms with E-state index in [1.807, 2.05) is 37.3 Å². The first-order valence-corrected chi connectivity index (χ1v) is 5.41. The van der Waals surface area contributed by atoms with Gasteiger partial charge in [0.15, 0.2) is 0 Å². The molecule has 2 aromatic carbocycles. The second kappa shape index (κ2) is 4.70. The minimum absolute atomic E-state index is 0.677. The summed E-state index contributed by atoms with van der Waals surface area (Å²) in [6, 6.07) is 13.3. The monoisotopic (exact) mass is 225 g/mol. The van der Waals surface area contributed by atoms with E-state index >= 15 is 0 Å². The SMILES string of the molecule is Cc1ccccc1N=Cc1cc(N)ccc1N. The van der Waals surface area contributed by atoms with Crippen molar-refractivity contribution in [2.75, 3.05) is 11.5 Å². The molecule has 17 heavy (non-hydrogen) atoms. The van der Waals surface area contributed by atoms with Gasteiger partial charge in [-0.1, -0.05) is 18.2 Å². The maximum atomic E-state index is 5.84. The van der Waals surface area contributed by atoms with Crippen molar-refractivity contribution >= 4 is 23.3 Å². The van der Waals surface area contributed by atoms with Crippen LogP contribution in [0.3, 0.4) is 0 Å². The summed E-state index contributed by atoms with van der Waals surface area (Å²) in [5, 5.41) is 0. The van der Waals surface area contributed by atoms with E-state index in [1.54, 1.807) is 18.3 Å². The van der Waals surface area contributed by atoms with Crippen LogP contribution in [0.25, 0.3) is 0 Å². The fraction of sp³-hybridized carbons (Fsp3) is 0.0714. The Morgan fingerprint density at radius 2 is 1.82 bits per heavy atom. The molecule has 2 aromatic rings. The quantitative estimate of drug-likeness (QED) is 0.609. The Bertz CT molecular complexity index is 559. The van der Waals surface area contributed by atoms with Crippen molar-refractivity contribution in [1.29, 1.82) is 0 Å². The zero-order valence-corrected chi connectivity index (χ0v) is 9.72. The van der Waals surface area contributed by atoms with Gasteiger partial charge >= 0.3 is 0 Å². The number of aryl methyl sites for hydroxylation is 1. The van der Waals surface area contributed by atoms with Crippen LogP contribution in [0.15, 0.2) is 47.5 Å². The van der Waals surface area contributed by atoms with Gasteiger partial charge in [0.05, 0.1) is 5.69 Å². The molecular weight excluding hydrogens is 210 g/mol. The van der Waals surface area contributed by atoms with Gasteiger partial charge in [-0.2, -0.15) is 0 Å². The van der Waals surface area contributed by atoms with Crippen molar-refractivity contribution in [2.45, 2.75) is 6.92 Å². The fourth-order valence-corrected chi connectivity index (χ4v) is 1.55. The van der Waals surface area contributed by atoms with Crippen molar-refractivity contribution < 1.29 is 0 Å². The molecule has 86 valence electrons. The van der Waals surface area contributed by atoms with E-state index < -0.39 is 0 Å². The van der Waals surface area contributed by atoms with Crippen LogP contribution in [-0.4, -0.2) is 6.21 Å². The van der Waals surface area contributed by atoms with Crippen LogP contribution in [0.1, 0.15) is 11.1 Å². The Morgan fingerprint density at radius 1 is 1.06 bits per heavy atom. The molecule has 0 bridgehead atoms. The van der Waals surface area contributed by atoms with Gasteiger partial charge in [-0.05, 0) is 36.8 Å². The molecule has 3 heteroatoms. The van der Waals surface area contributed by atoms with Gasteiger partial charge in [-0.25, -0.2) is 0 Å². The number of rotatable bonds is 2. The molecule has 0 aliphatic rings. The van der Waals surface area contributed by atoms with Gasteiger partial charge < -0.3 is 11.5 Å². The zero-order valence-electron chi connectivity index (χ0n) is 9.72. The summed E-state index contributed by atoms with van der Waals surface area (Å²) in [7, 11) is 0. The number of hydrogen-bond donors (Lipinski definition) is 2. The number of hydrogen-bond acceptors (Lipinski definition) is 3. The smallest absolute Gasteiger partial charge is 0.0659 e. The Morgan fingerprint density at radius 3 is 2.59 bits per heavy atom. The molecule has 0 aromatic heterocycles. The molecule has 0 radical (unpaired) electrons. The second-order valence-corrected chi connectivity index (χ2v) is 3.93. The number of anilines is 2. The number of aliphatic imine (C=N–C) groups is 1. The summed E-state index contributed by atoms with van der Waals surface area (Å²) >= 11 is 0. The van der Waals surface area contributed by atoms with Gasteiger partial charge in [-0.15, -0.1) is 0 Å². The molecule has 0 spiro atoms. The summed E-state index contributed by atoms with van der Waals surface area (Å²) in [5.41, 5.74) is 15.8. The molecule has 0 aliphatic carbocycles. The van der Waals surface area contributed by atoms with Gasteiger partial charge in [0.1, 0.15) is 0 Å². The van der Waals surface area contributed by atoms with Gasteiger partial charge in [0.2, 0.25) is 0 Å². The lowest BCUT2D eigenvalue weighted by molar-refractivity contribution is 1.40. The average molecular weight is 225 g/mol. The summed E-state index contributed by atoms with van der Waals surface area (Å²) in [4.78, 5) is 4.42. The lowest BCUT2D eigenvalue weighted by Gasteiger charge is -2.02. The molecule has 0 fully saturated rings. The molecule has 0 heterocycles. The normalized spacial score (nSPS) is 10.9. The highest BCUT2D eigenvalue weighted by Crippen LogP contribution is 2.19. The molecule has 0 amide bonds. The third kappa shape index (κ3) is 2.64. The molecule has 0 unspecified atom stereocenters. The van der Waals surface area contributed by atoms with E-state index in [1.165, 1.54) is 0 Å². The highest BCUT2D eigenvalue weighted by atomic mass is 14.7. The van der Waals surface area contributed by atoms with E-state index in [-0.39, 0.29) is 0 Å². The first kappa shape index (κ1) is 11.2. The molecule has 0 saturated heterocycles. The van der Waals surface area contributed by atoms with Crippen LogP contribution in [0.4, 0.5) is 17.1 Å². The lowest BCUT2D eigenvalue weighted by atomic mass is 10.1. The molecule has 2 rings (SSSR count).